The molecule has 0 spiro atoms. The topological polar surface area (TPSA) is 46.1 Å². The molecule has 2 rings (SSSR count). The molecule has 0 saturated carbocycles. The maximum absolute atomic E-state index is 12.0. The van der Waals surface area contributed by atoms with Crippen LogP contribution < -0.4 is 10.9 Å². The van der Waals surface area contributed by atoms with Crippen LogP contribution in [-0.2, 0) is 7.05 Å². The minimum absolute atomic E-state index is 0.316. The number of carbonyl (C=O) groups is 1. The summed E-state index contributed by atoms with van der Waals surface area (Å²) < 4.78 is 2.50. The van der Waals surface area contributed by atoms with Gasteiger partial charge in [0.1, 0.15) is 5.69 Å². The number of aryl methyl sites for hydroxylation is 1. The van der Waals surface area contributed by atoms with Crippen molar-refractivity contribution in [3.05, 3.63) is 49.6 Å². The van der Waals surface area contributed by atoms with Gasteiger partial charge in [-0.3, -0.25) is 15.6 Å². The average molecular weight is 397 g/mol. The Morgan fingerprint density at radius 2 is 1.80 bits per heavy atom. The number of nitrogens with zero attached hydrogens (tertiary/aromatic N) is 1. The van der Waals surface area contributed by atoms with E-state index >= 15 is 0 Å². The molecular weight excluding hydrogens is 388 g/mol. The molecule has 4 nitrogen and oxygen atoms in total. The molecule has 0 saturated heterocycles. The van der Waals surface area contributed by atoms with E-state index in [9.17, 15) is 4.79 Å². The molecule has 0 aliphatic heterocycles. The number of aromatic nitrogens is 1. The van der Waals surface area contributed by atoms with Gasteiger partial charge in [-0.15, -0.1) is 0 Å². The Bertz CT molecular complexity index is 649. The highest BCUT2D eigenvalue weighted by atomic mass is 79.9. The predicted molar refractivity (Wildman–Crippen MR) is 85.7 cm³/mol. The number of rotatable bonds is 3. The summed E-state index contributed by atoms with van der Waals surface area (Å²) in [5, 5.41) is 1.05. The Labute approximate surface area is 139 Å². The Balaban J connectivity index is 2.13. The summed E-state index contributed by atoms with van der Waals surface area (Å²) >= 11 is 21.1. The van der Waals surface area contributed by atoms with Crippen molar-refractivity contribution < 1.29 is 4.79 Å². The smallest absolute Gasteiger partial charge is 0.286 e. The summed E-state index contributed by atoms with van der Waals surface area (Å²) in [5.74, 6) is -0.319. The van der Waals surface area contributed by atoms with E-state index in [1.165, 1.54) is 12.1 Å². The molecule has 2 aromatic rings. The monoisotopic (exact) mass is 395 g/mol. The van der Waals surface area contributed by atoms with E-state index in [2.05, 4.69) is 26.8 Å². The third-order valence-corrected chi connectivity index (χ3v) is 3.76. The standard InChI is InChI=1S/C12H9BrCl3N3O/c1-19-5-6(13)2-10(19)12(20)18-17-11-8(15)3-7(14)4-9(11)16/h2-5,17H,1H3,(H,18,20). The first kappa shape index (κ1) is 15.5. The number of hydrazine groups is 1. The van der Waals surface area contributed by atoms with Crippen LogP contribution in [0.1, 0.15) is 10.5 Å². The van der Waals surface area contributed by atoms with Crippen molar-refractivity contribution in [2.24, 2.45) is 7.05 Å². The van der Waals surface area contributed by atoms with Gasteiger partial charge in [0.2, 0.25) is 0 Å². The molecule has 1 aromatic carbocycles. The van der Waals surface area contributed by atoms with Gasteiger partial charge in [-0.05, 0) is 34.1 Å². The zero-order valence-electron chi connectivity index (χ0n) is 10.2. The lowest BCUT2D eigenvalue weighted by molar-refractivity contribution is 0.0954. The van der Waals surface area contributed by atoms with E-state index in [4.69, 9.17) is 34.8 Å². The van der Waals surface area contributed by atoms with Gasteiger partial charge in [0.05, 0.1) is 15.7 Å². The molecule has 106 valence electrons. The molecule has 0 bridgehead atoms. The molecule has 0 fully saturated rings. The number of nitrogens with one attached hydrogen (secondary N) is 2. The van der Waals surface area contributed by atoms with Gasteiger partial charge in [-0.2, -0.15) is 0 Å². The Morgan fingerprint density at radius 1 is 1.20 bits per heavy atom. The van der Waals surface area contributed by atoms with Gasteiger partial charge in [0, 0.05) is 22.7 Å². The van der Waals surface area contributed by atoms with Gasteiger partial charge >= 0.3 is 0 Å². The van der Waals surface area contributed by atoms with Crippen molar-refractivity contribution in [2.45, 2.75) is 0 Å². The molecule has 1 aromatic heterocycles. The SMILES string of the molecule is Cn1cc(Br)cc1C(=O)NNc1c(Cl)cc(Cl)cc1Cl. The number of benzene rings is 1. The summed E-state index contributed by atoms with van der Waals surface area (Å²) in [6.45, 7) is 0. The van der Waals surface area contributed by atoms with Crippen LogP contribution in [-0.4, -0.2) is 10.5 Å². The van der Waals surface area contributed by atoms with Crippen molar-refractivity contribution in [2.75, 3.05) is 5.43 Å². The lowest BCUT2D eigenvalue weighted by atomic mass is 10.3. The molecule has 2 N–H and O–H groups in total. The molecule has 0 aliphatic carbocycles. The second kappa shape index (κ2) is 6.26. The van der Waals surface area contributed by atoms with Gasteiger partial charge in [0.25, 0.3) is 5.91 Å². The molecular formula is C12H9BrCl3N3O. The van der Waals surface area contributed by atoms with Crippen LogP contribution in [0.4, 0.5) is 5.69 Å². The van der Waals surface area contributed by atoms with E-state index in [0.29, 0.717) is 26.4 Å². The maximum atomic E-state index is 12.0. The number of amides is 1. The van der Waals surface area contributed by atoms with Crippen LogP contribution in [0.5, 0.6) is 0 Å². The minimum Gasteiger partial charge on any atom is -0.345 e. The molecule has 1 heterocycles. The number of hydrogen-bond donors (Lipinski definition) is 2. The molecule has 0 atom stereocenters. The normalized spacial score (nSPS) is 10.4. The second-order valence-corrected chi connectivity index (χ2v) is 6.14. The highest BCUT2D eigenvalue weighted by Gasteiger charge is 2.13. The van der Waals surface area contributed by atoms with E-state index < -0.39 is 0 Å². The van der Waals surface area contributed by atoms with Crippen LogP contribution in [0.2, 0.25) is 15.1 Å². The minimum atomic E-state index is -0.319. The molecule has 20 heavy (non-hydrogen) atoms. The largest absolute Gasteiger partial charge is 0.345 e. The first-order valence-electron chi connectivity index (χ1n) is 5.41. The van der Waals surface area contributed by atoms with Crippen molar-refractivity contribution >= 4 is 62.3 Å². The van der Waals surface area contributed by atoms with E-state index in [1.807, 2.05) is 0 Å². The lowest BCUT2D eigenvalue weighted by Crippen LogP contribution is -2.31. The summed E-state index contributed by atoms with van der Waals surface area (Å²) in [7, 11) is 1.77. The molecule has 0 unspecified atom stereocenters. The van der Waals surface area contributed by atoms with Gasteiger partial charge < -0.3 is 4.57 Å². The van der Waals surface area contributed by atoms with Crippen LogP contribution in [0.15, 0.2) is 28.9 Å². The van der Waals surface area contributed by atoms with Crippen LogP contribution in [0.25, 0.3) is 0 Å². The first-order chi connectivity index (χ1) is 9.38. The third kappa shape index (κ3) is 3.41. The number of carbonyl (C=O) groups excluding carboxylic acids is 1. The van der Waals surface area contributed by atoms with E-state index in [1.54, 1.807) is 23.9 Å². The Morgan fingerprint density at radius 3 is 2.30 bits per heavy atom. The fourth-order valence-electron chi connectivity index (χ4n) is 1.59. The van der Waals surface area contributed by atoms with Gasteiger partial charge in [-0.25, -0.2) is 0 Å². The number of anilines is 1. The molecule has 8 heteroatoms. The Kier molecular flexibility index (Phi) is 4.86. The predicted octanol–water partition coefficient (Wildman–Crippen LogP) is 4.50. The van der Waals surface area contributed by atoms with E-state index in [0.717, 1.165) is 4.47 Å². The quantitative estimate of drug-likeness (QED) is 0.749. The highest BCUT2D eigenvalue weighted by molar-refractivity contribution is 9.10. The summed E-state index contributed by atoms with van der Waals surface area (Å²) in [6.07, 6.45) is 1.77. The zero-order valence-corrected chi connectivity index (χ0v) is 14.0. The van der Waals surface area contributed by atoms with Crippen molar-refractivity contribution in [3.63, 3.8) is 0 Å². The van der Waals surface area contributed by atoms with Crippen LogP contribution >= 0.6 is 50.7 Å². The van der Waals surface area contributed by atoms with Gasteiger partial charge in [0.15, 0.2) is 0 Å². The van der Waals surface area contributed by atoms with Crippen molar-refractivity contribution in [1.29, 1.82) is 0 Å². The molecule has 0 radical (unpaired) electrons. The van der Waals surface area contributed by atoms with Gasteiger partial charge in [-0.1, -0.05) is 34.8 Å². The Hall–Kier alpha value is -0.880. The molecule has 1 amide bonds. The summed E-state index contributed by atoms with van der Waals surface area (Å²) in [5.41, 5.74) is 6.09. The first-order valence-corrected chi connectivity index (χ1v) is 7.34. The number of halogens is 4. The lowest BCUT2D eigenvalue weighted by Gasteiger charge is -2.12. The van der Waals surface area contributed by atoms with Crippen molar-refractivity contribution in [1.82, 2.24) is 9.99 Å². The fourth-order valence-corrected chi connectivity index (χ4v) is 3.03. The summed E-state index contributed by atoms with van der Waals surface area (Å²) in [6, 6.07) is 4.76. The summed E-state index contributed by atoms with van der Waals surface area (Å²) in [4.78, 5) is 12.0. The second-order valence-electron chi connectivity index (χ2n) is 3.98. The van der Waals surface area contributed by atoms with E-state index in [-0.39, 0.29) is 5.91 Å². The third-order valence-electron chi connectivity index (χ3n) is 2.51. The van der Waals surface area contributed by atoms with Crippen molar-refractivity contribution in [3.8, 4) is 0 Å². The van der Waals surface area contributed by atoms with Crippen LogP contribution in [0, 0.1) is 0 Å². The number of hydrogen-bond acceptors (Lipinski definition) is 2. The fraction of sp³-hybridized carbons (Fsp3) is 0.0833. The highest BCUT2D eigenvalue weighted by Crippen LogP contribution is 2.33. The molecule has 0 aliphatic rings. The maximum Gasteiger partial charge on any atom is 0.286 e. The van der Waals surface area contributed by atoms with Crippen LogP contribution in [0.3, 0.4) is 0 Å². The zero-order chi connectivity index (χ0) is 14.9. The average Bonchev–Trinajstić information content (AvgIpc) is 2.66.